The van der Waals surface area contributed by atoms with Gasteiger partial charge in [-0.1, -0.05) is 11.8 Å². The third kappa shape index (κ3) is 3.25. The summed E-state index contributed by atoms with van der Waals surface area (Å²) in [5.74, 6) is 0. The minimum Gasteiger partial charge on any atom is -0.258 e. The van der Waals surface area contributed by atoms with E-state index in [2.05, 4.69) is 9.98 Å². The smallest absolute Gasteiger partial charge is 0.258 e. The van der Waals surface area contributed by atoms with Crippen molar-refractivity contribution in [2.24, 2.45) is 4.99 Å². The number of nitrogens with zero attached hydrogens (tertiary/aromatic N) is 3. The van der Waals surface area contributed by atoms with E-state index in [9.17, 15) is 14.9 Å². The van der Waals surface area contributed by atoms with E-state index in [-0.39, 0.29) is 5.69 Å². The Bertz CT molecular complexity index is 652. The molecule has 0 aliphatic carbocycles. The highest BCUT2D eigenvalue weighted by Gasteiger charge is 2.15. The van der Waals surface area contributed by atoms with Crippen molar-refractivity contribution in [1.82, 2.24) is 4.98 Å². The Kier molecular flexibility index (Phi) is 4.02. The van der Waals surface area contributed by atoms with Gasteiger partial charge in [-0.2, -0.15) is 4.99 Å². The molecule has 7 heteroatoms. The molecule has 2 rings (SSSR count). The molecule has 6 nitrogen and oxygen atoms in total. The van der Waals surface area contributed by atoms with Gasteiger partial charge >= 0.3 is 5.69 Å². The molecule has 0 saturated carbocycles. The first-order chi connectivity index (χ1) is 9.20. The number of pyridine rings is 1. The molecule has 0 radical (unpaired) electrons. The van der Waals surface area contributed by atoms with Gasteiger partial charge in [-0.05, 0) is 30.3 Å². The lowest BCUT2D eigenvalue weighted by Gasteiger charge is -2.01. The Labute approximate surface area is 112 Å². The largest absolute Gasteiger partial charge is 0.301 e. The summed E-state index contributed by atoms with van der Waals surface area (Å²) in [7, 11) is 0. The fourth-order valence-electron chi connectivity index (χ4n) is 1.35. The lowest BCUT2D eigenvalue weighted by Crippen LogP contribution is -1.92. The van der Waals surface area contributed by atoms with Gasteiger partial charge < -0.3 is 0 Å². The SMILES string of the molecule is O=C=Nc1ccc(Sc2ncccc2[N+](=O)[O-])cc1. The van der Waals surface area contributed by atoms with Gasteiger partial charge in [0.25, 0.3) is 0 Å². The Morgan fingerprint density at radius 3 is 2.63 bits per heavy atom. The van der Waals surface area contributed by atoms with Crippen molar-refractivity contribution in [3.8, 4) is 0 Å². The molecule has 0 spiro atoms. The van der Waals surface area contributed by atoms with Crippen LogP contribution in [-0.4, -0.2) is 16.0 Å². The molecule has 0 unspecified atom stereocenters. The van der Waals surface area contributed by atoms with Crippen LogP contribution in [0.2, 0.25) is 0 Å². The average molecular weight is 273 g/mol. The van der Waals surface area contributed by atoms with E-state index < -0.39 is 4.92 Å². The van der Waals surface area contributed by atoms with Crippen LogP contribution in [0.1, 0.15) is 0 Å². The van der Waals surface area contributed by atoms with Crippen LogP contribution in [0, 0.1) is 10.1 Å². The lowest BCUT2D eigenvalue weighted by molar-refractivity contribution is -0.388. The van der Waals surface area contributed by atoms with Crippen LogP contribution >= 0.6 is 11.8 Å². The maximum atomic E-state index is 10.8. The van der Waals surface area contributed by atoms with Gasteiger partial charge in [0.05, 0.1) is 10.6 Å². The molecular weight excluding hydrogens is 266 g/mol. The zero-order valence-corrected chi connectivity index (χ0v) is 10.3. The molecule has 0 bridgehead atoms. The fourth-order valence-corrected chi connectivity index (χ4v) is 2.21. The number of nitro groups is 1. The molecule has 0 aliphatic heterocycles. The van der Waals surface area contributed by atoms with E-state index in [1.165, 1.54) is 36.2 Å². The van der Waals surface area contributed by atoms with Gasteiger partial charge in [0.1, 0.15) is 0 Å². The van der Waals surface area contributed by atoms with Crippen LogP contribution in [0.25, 0.3) is 0 Å². The Morgan fingerprint density at radius 1 is 1.26 bits per heavy atom. The number of aliphatic imine (C=N–C) groups is 1. The molecule has 1 heterocycles. The number of hydrogen-bond donors (Lipinski definition) is 0. The molecule has 94 valence electrons. The maximum Gasteiger partial charge on any atom is 0.301 e. The quantitative estimate of drug-likeness (QED) is 0.370. The summed E-state index contributed by atoms with van der Waals surface area (Å²) in [6.07, 6.45) is 2.94. The van der Waals surface area contributed by atoms with Crippen molar-refractivity contribution in [3.63, 3.8) is 0 Å². The lowest BCUT2D eigenvalue weighted by atomic mass is 10.3. The molecule has 0 atom stereocenters. The van der Waals surface area contributed by atoms with Gasteiger partial charge in [-0.3, -0.25) is 10.1 Å². The number of isocyanates is 1. The van der Waals surface area contributed by atoms with Crippen molar-refractivity contribution < 1.29 is 9.72 Å². The second-order valence-electron chi connectivity index (χ2n) is 3.38. The Hall–Kier alpha value is -2.50. The van der Waals surface area contributed by atoms with Crippen LogP contribution in [0.3, 0.4) is 0 Å². The molecule has 0 aliphatic rings. The van der Waals surface area contributed by atoms with E-state index in [1.54, 1.807) is 24.3 Å². The van der Waals surface area contributed by atoms with Crippen LogP contribution in [-0.2, 0) is 4.79 Å². The summed E-state index contributed by atoms with van der Waals surface area (Å²) >= 11 is 1.18. The van der Waals surface area contributed by atoms with Gasteiger partial charge in [0.2, 0.25) is 6.08 Å². The van der Waals surface area contributed by atoms with Gasteiger partial charge in [-0.25, -0.2) is 9.78 Å². The third-order valence-corrected chi connectivity index (χ3v) is 3.19. The van der Waals surface area contributed by atoms with Crippen molar-refractivity contribution >= 4 is 29.2 Å². The first-order valence-electron chi connectivity index (χ1n) is 5.16. The van der Waals surface area contributed by atoms with Crippen LogP contribution in [0.4, 0.5) is 11.4 Å². The first-order valence-corrected chi connectivity index (χ1v) is 5.97. The summed E-state index contributed by atoms with van der Waals surface area (Å²) in [4.78, 5) is 28.7. The fraction of sp³-hybridized carbons (Fsp3) is 0. The minimum absolute atomic E-state index is 0.0394. The summed E-state index contributed by atoms with van der Waals surface area (Å²) < 4.78 is 0. The number of carbonyl (C=O) groups excluding carboxylic acids is 1. The molecule has 19 heavy (non-hydrogen) atoms. The van der Waals surface area contributed by atoms with Crippen LogP contribution < -0.4 is 0 Å². The summed E-state index contributed by atoms with van der Waals surface area (Å²) in [5.41, 5.74) is 0.442. The van der Waals surface area contributed by atoms with E-state index >= 15 is 0 Å². The van der Waals surface area contributed by atoms with E-state index in [1.807, 2.05) is 0 Å². The monoisotopic (exact) mass is 273 g/mol. The van der Waals surface area contributed by atoms with E-state index in [0.717, 1.165) is 4.90 Å². The summed E-state index contributed by atoms with van der Waals surface area (Å²) in [6.45, 7) is 0. The molecule has 2 aromatic rings. The van der Waals surface area contributed by atoms with Crippen molar-refractivity contribution in [3.05, 3.63) is 52.7 Å². The van der Waals surface area contributed by atoms with Crippen molar-refractivity contribution in [2.45, 2.75) is 9.92 Å². The number of aromatic nitrogens is 1. The number of benzene rings is 1. The zero-order valence-electron chi connectivity index (χ0n) is 9.52. The number of hydrogen-bond acceptors (Lipinski definition) is 6. The summed E-state index contributed by atoms with van der Waals surface area (Å²) in [6, 6.07) is 9.59. The highest BCUT2D eigenvalue weighted by Crippen LogP contribution is 2.33. The van der Waals surface area contributed by atoms with Crippen LogP contribution in [0.5, 0.6) is 0 Å². The zero-order chi connectivity index (χ0) is 13.7. The second kappa shape index (κ2) is 5.90. The molecule has 1 aromatic heterocycles. The van der Waals surface area contributed by atoms with Gasteiger partial charge in [-0.15, -0.1) is 0 Å². The molecular formula is C12H7N3O3S. The van der Waals surface area contributed by atoms with Gasteiger partial charge in [0.15, 0.2) is 5.03 Å². The Balaban J connectivity index is 2.26. The minimum atomic E-state index is -0.472. The molecule has 0 amide bonds. The Morgan fingerprint density at radius 2 is 2.00 bits per heavy atom. The van der Waals surface area contributed by atoms with E-state index in [4.69, 9.17) is 0 Å². The van der Waals surface area contributed by atoms with Crippen molar-refractivity contribution in [1.29, 1.82) is 0 Å². The third-order valence-electron chi connectivity index (χ3n) is 2.17. The molecule has 0 saturated heterocycles. The second-order valence-corrected chi connectivity index (χ2v) is 4.45. The first kappa shape index (κ1) is 12.9. The highest BCUT2D eigenvalue weighted by atomic mass is 32.2. The molecule has 0 N–H and O–H groups in total. The van der Waals surface area contributed by atoms with Gasteiger partial charge in [0, 0.05) is 17.2 Å². The summed E-state index contributed by atoms with van der Waals surface area (Å²) in [5, 5.41) is 11.2. The van der Waals surface area contributed by atoms with Crippen molar-refractivity contribution in [2.75, 3.05) is 0 Å². The predicted octanol–water partition coefficient (Wildman–Crippen LogP) is 3.11. The molecule has 0 fully saturated rings. The number of rotatable bonds is 4. The normalized spacial score (nSPS) is 9.68. The van der Waals surface area contributed by atoms with E-state index in [0.29, 0.717) is 10.7 Å². The topological polar surface area (TPSA) is 85.5 Å². The predicted molar refractivity (Wildman–Crippen MR) is 69.2 cm³/mol. The van der Waals surface area contributed by atoms with Crippen LogP contribution in [0.15, 0.2) is 57.5 Å². The molecule has 1 aromatic carbocycles. The average Bonchev–Trinajstić information content (AvgIpc) is 2.42. The highest BCUT2D eigenvalue weighted by molar-refractivity contribution is 7.99. The maximum absolute atomic E-state index is 10.8. The standard InChI is InChI=1S/C12H7N3O3S/c16-8-14-9-3-5-10(6-4-9)19-12-11(15(17)18)2-1-7-13-12/h1-7H.